The van der Waals surface area contributed by atoms with Crippen LogP contribution in [0.3, 0.4) is 0 Å². The molecule has 1 aromatic rings. The second-order valence-electron chi connectivity index (χ2n) is 2.59. The third-order valence-corrected chi connectivity index (χ3v) is 1.62. The molecular weight excluding hydrogens is 184 g/mol. The van der Waals surface area contributed by atoms with Crippen LogP contribution in [0.5, 0.6) is 11.5 Å². The maximum Gasteiger partial charge on any atom is 0.186 e. The number of aliphatic hydroxyl groups is 2. The van der Waals surface area contributed by atoms with Crippen molar-refractivity contribution in [1.82, 2.24) is 0 Å². The number of benzene rings is 1. The van der Waals surface area contributed by atoms with Crippen LogP contribution in [-0.2, 0) is 0 Å². The van der Waals surface area contributed by atoms with Gasteiger partial charge in [-0.1, -0.05) is 18.2 Å². The quantitative estimate of drug-likeness (QED) is 0.621. The molecule has 3 N–H and O–H groups in total. The topological polar surface area (TPSA) is 69.9 Å². The highest BCUT2D eigenvalue weighted by Crippen LogP contribution is 2.26. The largest absolute Gasteiger partial charge is 0.504 e. The minimum atomic E-state index is -0.485. The number of ether oxygens (including phenoxy) is 1. The number of rotatable bonds is 4. The third-order valence-electron chi connectivity index (χ3n) is 1.62. The summed E-state index contributed by atoms with van der Waals surface area (Å²) < 4.78 is 4.77. The van der Waals surface area contributed by atoms with Gasteiger partial charge in [-0.3, -0.25) is 0 Å². The fourth-order valence-corrected chi connectivity index (χ4v) is 1.01. The molecule has 0 heterocycles. The van der Waals surface area contributed by atoms with E-state index in [0.29, 0.717) is 0 Å². The van der Waals surface area contributed by atoms with Gasteiger partial charge in [0.15, 0.2) is 18.3 Å². The van der Waals surface area contributed by atoms with E-state index < -0.39 is 6.79 Å². The average molecular weight is 196 g/mol. The predicted octanol–water partition coefficient (Wildman–Crippen LogP) is 0.726. The summed E-state index contributed by atoms with van der Waals surface area (Å²) in [6.45, 7) is -0.530. The first kappa shape index (κ1) is 10.6. The zero-order valence-corrected chi connectivity index (χ0v) is 7.55. The van der Waals surface area contributed by atoms with Crippen LogP contribution in [0.4, 0.5) is 0 Å². The van der Waals surface area contributed by atoms with Crippen molar-refractivity contribution in [3.05, 3.63) is 29.8 Å². The second kappa shape index (κ2) is 5.26. The molecule has 0 saturated carbocycles. The SMILES string of the molecule is OC/C=C/c1ccc(O)c(OCO)c1. The highest BCUT2D eigenvalue weighted by atomic mass is 16.6. The monoisotopic (exact) mass is 196 g/mol. The lowest BCUT2D eigenvalue weighted by molar-refractivity contribution is 0.0955. The van der Waals surface area contributed by atoms with Crippen LogP contribution in [0.25, 0.3) is 6.08 Å². The van der Waals surface area contributed by atoms with Gasteiger partial charge in [-0.05, 0) is 17.7 Å². The third kappa shape index (κ3) is 2.76. The molecular formula is C10H12O4. The molecule has 4 nitrogen and oxygen atoms in total. The number of hydrogen-bond acceptors (Lipinski definition) is 4. The smallest absolute Gasteiger partial charge is 0.186 e. The van der Waals surface area contributed by atoms with Crippen LogP contribution < -0.4 is 4.74 Å². The van der Waals surface area contributed by atoms with E-state index in [1.165, 1.54) is 6.07 Å². The van der Waals surface area contributed by atoms with Crippen molar-refractivity contribution < 1.29 is 20.1 Å². The van der Waals surface area contributed by atoms with Crippen LogP contribution in [0, 0.1) is 0 Å². The molecule has 0 aromatic heterocycles. The summed E-state index contributed by atoms with van der Waals surface area (Å²) in [6, 6.07) is 4.70. The van der Waals surface area contributed by atoms with E-state index >= 15 is 0 Å². The Hall–Kier alpha value is -1.52. The summed E-state index contributed by atoms with van der Waals surface area (Å²) in [6.07, 6.45) is 3.25. The molecule has 0 aliphatic carbocycles. The summed E-state index contributed by atoms with van der Waals surface area (Å²) in [5.41, 5.74) is 0.778. The maximum atomic E-state index is 9.28. The molecule has 1 rings (SSSR count). The Balaban J connectivity index is 2.88. The molecule has 76 valence electrons. The molecule has 4 heteroatoms. The zero-order valence-electron chi connectivity index (χ0n) is 7.55. The van der Waals surface area contributed by atoms with Gasteiger partial charge in [-0.15, -0.1) is 0 Å². The standard InChI is InChI=1S/C10H12O4/c11-5-1-2-8-3-4-9(13)10(6-8)14-7-12/h1-4,6,11-13H,5,7H2/b2-1+. The Morgan fingerprint density at radius 3 is 2.71 bits per heavy atom. The first-order chi connectivity index (χ1) is 6.77. The first-order valence-electron chi connectivity index (χ1n) is 4.12. The van der Waals surface area contributed by atoms with E-state index in [1.807, 2.05) is 0 Å². The molecule has 0 amide bonds. The van der Waals surface area contributed by atoms with Gasteiger partial charge in [0.05, 0.1) is 6.61 Å². The normalized spacial score (nSPS) is 10.7. The molecule has 0 fully saturated rings. The molecule has 0 radical (unpaired) electrons. The van der Waals surface area contributed by atoms with Crippen LogP contribution in [-0.4, -0.2) is 28.7 Å². The van der Waals surface area contributed by atoms with Gasteiger partial charge in [0, 0.05) is 0 Å². The van der Waals surface area contributed by atoms with Crippen LogP contribution in [0.15, 0.2) is 24.3 Å². The van der Waals surface area contributed by atoms with Gasteiger partial charge in [-0.2, -0.15) is 0 Å². The predicted molar refractivity (Wildman–Crippen MR) is 51.9 cm³/mol. The molecule has 0 saturated heterocycles. The van der Waals surface area contributed by atoms with Crippen molar-refractivity contribution in [1.29, 1.82) is 0 Å². The summed E-state index contributed by atoms with van der Waals surface area (Å²) in [4.78, 5) is 0. The Morgan fingerprint density at radius 1 is 1.29 bits per heavy atom. The Morgan fingerprint density at radius 2 is 2.07 bits per heavy atom. The van der Waals surface area contributed by atoms with E-state index in [0.717, 1.165) is 5.56 Å². The molecule has 0 aliphatic rings. The number of aliphatic hydroxyl groups excluding tert-OH is 2. The minimum absolute atomic E-state index is 0.0276. The molecule has 0 atom stereocenters. The van der Waals surface area contributed by atoms with Crippen molar-refractivity contribution >= 4 is 6.08 Å². The van der Waals surface area contributed by atoms with Crippen LogP contribution in [0.2, 0.25) is 0 Å². The summed E-state index contributed by atoms with van der Waals surface area (Å²) >= 11 is 0. The number of phenolic OH excluding ortho intramolecular Hbond substituents is 1. The minimum Gasteiger partial charge on any atom is -0.504 e. The molecule has 0 bridgehead atoms. The van der Waals surface area contributed by atoms with Gasteiger partial charge < -0.3 is 20.1 Å². The highest BCUT2D eigenvalue weighted by Gasteiger charge is 2.01. The Bertz CT molecular complexity index is 320. The first-order valence-corrected chi connectivity index (χ1v) is 4.12. The Kier molecular flexibility index (Phi) is 3.97. The van der Waals surface area contributed by atoms with E-state index in [4.69, 9.17) is 14.9 Å². The van der Waals surface area contributed by atoms with Crippen molar-refractivity contribution in [3.63, 3.8) is 0 Å². The van der Waals surface area contributed by atoms with Crippen LogP contribution >= 0.6 is 0 Å². The number of aromatic hydroxyl groups is 1. The van der Waals surface area contributed by atoms with Gasteiger partial charge in [0.2, 0.25) is 0 Å². The van der Waals surface area contributed by atoms with E-state index in [9.17, 15) is 5.11 Å². The van der Waals surface area contributed by atoms with Crippen molar-refractivity contribution in [3.8, 4) is 11.5 Å². The molecule has 0 aliphatic heterocycles. The van der Waals surface area contributed by atoms with E-state index in [-0.39, 0.29) is 18.1 Å². The number of hydrogen-bond donors (Lipinski definition) is 3. The molecule has 1 aromatic carbocycles. The average Bonchev–Trinajstić information content (AvgIpc) is 2.19. The van der Waals surface area contributed by atoms with E-state index in [1.54, 1.807) is 24.3 Å². The van der Waals surface area contributed by atoms with Crippen molar-refractivity contribution in [2.45, 2.75) is 0 Å². The van der Waals surface area contributed by atoms with Crippen molar-refractivity contribution in [2.24, 2.45) is 0 Å². The van der Waals surface area contributed by atoms with Gasteiger partial charge in [-0.25, -0.2) is 0 Å². The lowest BCUT2D eigenvalue weighted by atomic mass is 10.2. The van der Waals surface area contributed by atoms with E-state index in [2.05, 4.69) is 0 Å². The zero-order chi connectivity index (χ0) is 10.4. The fourth-order valence-electron chi connectivity index (χ4n) is 1.01. The molecule has 0 spiro atoms. The summed E-state index contributed by atoms with van der Waals surface area (Å²) in [7, 11) is 0. The van der Waals surface area contributed by atoms with Gasteiger partial charge >= 0.3 is 0 Å². The number of phenols is 1. The maximum absolute atomic E-state index is 9.28. The highest BCUT2D eigenvalue weighted by molar-refractivity contribution is 5.55. The Labute approximate surface area is 81.7 Å². The van der Waals surface area contributed by atoms with Crippen LogP contribution in [0.1, 0.15) is 5.56 Å². The summed E-state index contributed by atoms with van der Waals surface area (Å²) in [5, 5.41) is 26.3. The lowest BCUT2D eigenvalue weighted by Crippen LogP contribution is -1.94. The van der Waals surface area contributed by atoms with Gasteiger partial charge in [0.1, 0.15) is 0 Å². The lowest BCUT2D eigenvalue weighted by Gasteiger charge is -2.05. The molecule has 0 unspecified atom stereocenters. The fraction of sp³-hybridized carbons (Fsp3) is 0.200. The van der Waals surface area contributed by atoms with Crippen molar-refractivity contribution in [2.75, 3.05) is 13.4 Å². The van der Waals surface area contributed by atoms with Gasteiger partial charge in [0.25, 0.3) is 0 Å². The molecule has 14 heavy (non-hydrogen) atoms. The second-order valence-corrected chi connectivity index (χ2v) is 2.59. The summed E-state index contributed by atoms with van der Waals surface area (Å²) in [5.74, 6) is 0.188.